The van der Waals surface area contributed by atoms with Crippen molar-refractivity contribution in [2.24, 2.45) is 0 Å². The number of carbonyl (C=O) groups is 2. The highest BCUT2D eigenvalue weighted by Gasteiger charge is 2.55. The van der Waals surface area contributed by atoms with Crippen LogP contribution in [0, 0.1) is 0 Å². The second kappa shape index (κ2) is 11.2. The zero-order valence-corrected chi connectivity index (χ0v) is 22.3. The number of nitrogens with zero attached hydrogens (tertiary/aromatic N) is 2. The van der Waals surface area contributed by atoms with Crippen LogP contribution < -0.4 is 4.31 Å². The van der Waals surface area contributed by atoms with Crippen molar-refractivity contribution in [3.8, 4) is 0 Å². The molecule has 5 nitrogen and oxygen atoms in total. The van der Waals surface area contributed by atoms with Crippen molar-refractivity contribution in [3.05, 3.63) is 96.6 Å². The first kappa shape index (κ1) is 25.2. The molecule has 0 bridgehead atoms. The quantitative estimate of drug-likeness (QED) is 0.174. The fraction of sp³-hybridized carbons (Fsp3) is 0.286. The Labute approximate surface area is 213 Å². The van der Waals surface area contributed by atoms with Gasteiger partial charge in [0.1, 0.15) is 6.04 Å². The lowest BCUT2D eigenvalue weighted by molar-refractivity contribution is -0.157. The highest BCUT2D eigenvalue weighted by atomic mass is 32.2. The Kier molecular flexibility index (Phi) is 8.10. The number of imide groups is 1. The van der Waals surface area contributed by atoms with Crippen LogP contribution in [0.3, 0.4) is 0 Å². The molecule has 0 radical (unpaired) electrons. The molecule has 0 saturated carbocycles. The van der Waals surface area contributed by atoms with E-state index >= 15 is 0 Å². The van der Waals surface area contributed by atoms with Gasteiger partial charge in [0.2, 0.25) is 0 Å². The molecule has 35 heavy (non-hydrogen) atoms. The summed E-state index contributed by atoms with van der Waals surface area (Å²) >= 11 is 1.31. The van der Waals surface area contributed by atoms with Gasteiger partial charge in [0.15, 0.2) is 14.4 Å². The van der Waals surface area contributed by atoms with Crippen LogP contribution in [0.4, 0.5) is 10.5 Å². The van der Waals surface area contributed by atoms with Crippen molar-refractivity contribution in [2.45, 2.75) is 55.9 Å². The van der Waals surface area contributed by atoms with E-state index in [-0.39, 0.29) is 11.9 Å². The van der Waals surface area contributed by atoms with Crippen molar-refractivity contribution in [1.82, 2.24) is 4.90 Å². The number of amides is 3. The summed E-state index contributed by atoms with van der Waals surface area (Å²) in [7, 11) is -2.06. The van der Waals surface area contributed by atoms with Crippen LogP contribution in [-0.4, -0.2) is 31.3 Å². The highest BCUT2D eigenvalue weighted by molar-refractivity contribution is 8.01. The number of likely N-dealkylation sites (tertiary alicyclic amines) is 1. The first-order chi connectivity index (χ1) is 17.0. The molecule has 4 rings (SSSR count). The fourth-order valence-electron chi connectivity index (χ4n) is 4.48. The summed E-state index contributed by atoms with van der Waals surface area (Å²) in [4.78, 5) is 29.9. The topological polar surface area (TPSA) is 49.9 Å². The monoisotopic (exact) mass is 504 g/mol. The molecular weight excluding hydrogens is 472 g/mol. The molecule has 7 heteroatoms. The van der Waals surface area contributed by atoms with Gasteiger partial charge in [0.05, 0.1) is 5.69 Å². The molecule has 0 spiro atoms. The zero-order valence-electron chi connectivity index (χ0n) is 20.5. The zero-order chi connectivity index (χ0) is 24.8. The number of urea groups is 1. The van der Waals surface area contributed by atoms with E-state index in [9.17, 15) is 9.59 Å². The average molecular weight is 505 g/mol. The van der Waals surface area contributed by atoms with Crippen molar-refractivity contribution in [2.75, 3.05) is 4.31 Å². The van der Waals surface area contributed by atoms with Crippen molar-refractivity contribution >= 4 is 37.9 Å². The lowest BCUT2D eigenvalue weighted by Gasteiger charge is -2.49. The Morgan fingerprint density at radius 3 is 1.91 bits per heavy atom. The molecule has 1 fully saturated rings. The number of β-lactam (4-membered cyclic amide) rings is 1. The van der Waals surface area contributed by atoms with Gasteiger partial charge in [-0.2, -0.15) is 0 Å². The number of benzene rings is 3. The average Bonchev–Trinajstić information content (AvgIpc) is 2.92. The van der Waals surface area contributed by atoms with Gasteiger partial charge in [-0.25, -0.2) is 9.10 Å². The summed E-state index contributed by atoms with van der Waals surface area (Å²) in [6, 6.07) is 31.0. The van der Waals surface area contributed by atoms with Gasteiger partial charge >= 0.3 is 6.03 Å². The Hall–Kier alpha value is -2.87. The van der Waals surface area contributed by atoms with Gasteiger partial charge in [0, 0.05) is 4.90 Å². The molecule has 3 aromatic carbocycles. The minimum absolute atomic E-state index is 0.259. The summed E-state index contributed by atoms with van der Waals surface area (Å²) in [6.07, 6.45) is -0.632. The standard InChI is InChI=1S/C28H32N2O3SSi/c1-4-35(5-2,6-3)33-26-25(22-16-10-7-11-17-22)29(27(26)31)28(32)30(23-18-12-8-13-19-23)34-24-20-14-9-15-21-24/h7-21,25-26H,4-6H2,1-3H3/t25-,26+/m0/s1. The summed E-state index contributed by atoms with van der Waals surface area (Å²) in [5, 5.41) is 0. The van der Waals surface area contributed by atoms with Crippen molar-refractivity contribution in [3.63, 3.8) is 0 Å². The number of para-hydroxylation sites is 1. The molecule has 2 atom stereocenters. The van der Waals surface area contributed by atoms with Gasteiger partial charge < -0.3 is 4.43 Å². The number of anilines is 1. The van der Waals surface area contributed by atoms with Gasteiger partial charge in [-0.05, 0) is 59.9 Å². The van der Waals surface area contributed by atoms with Gasteiger partial charge in [0.25, 0.3) is 5.91 Å². The minimum atomic E-state index is -2.06. The lowest BCUT2D eigenvalue weighted by atomic mass is 9.91. The van der Waals surface area contributed by atoms with Gasteiger partial charge in [-0.3, -0.25) is 9.69 Å². The first-order valence-corrected chi connectivity index (χ1v) is 15.5. The van der Waals surface area contributed by atoms with E-state index in [1.165, 1.54) is 16.8 Å². The van der Waals surface area contributed by atoms with E-state index in [1.807, 2.05) is 91.0 Å². The molecule has 3 amide bonds. The van der Waals surface area contributed by atoms with Crippen LogP contribution >= 0.6 is 11.9 Å². The molecule has 1 aliphatic heterocycles. The predicted molar refractivity (Wildman–Crippen MR) is 145 cm³/mol. The molecule has 0 N–H and O–H groups in total. The number of hydrogen-bond donors (Lipinski definition) is 0. The van der Waals surface area contributed by atoms with E-state index in [2.05, 4.69) is 20.8 Å². The van der Waals surface area contributed by atoms with Crippen LogP contribution in [-0.2, 0) is 9.22 Å². The van der Waals surface area contributed by atoms with E-state index < -0.39 is 20.5 Å². The summed E-state index contributed by atoms with van der Waals surface area (Å²) in [5.74, 6) is -0.259. The van der Waals surface area contributed by atoms with Crippen LogP contribution in [0.25, 0.3) is 0 Å². The number of rotatable bonds is 9. The van der Waals surface area contributed by atoms with E-state index in [1.54, 1.807) is 4.31 Å². The molecule has 3 aromatic rings. The third kappa shape index (κ3) is 5.22. The number of carbonyl (C=O) groups excluding carboxylic acids is 2. The Morgan fingerprint density at radius 2 is 1.37 bits per heavy atom. The minimum Gasteiger partial charge on any atom is -0.403 e. The smallest absolute Gasteiger partial charge is 0.342 e. The van der Waals surface area contributed by atoms with E-state index in [0.717, 1.165) is 34.3 Å². The second-order valence-corrected chi connectivity index (χ2v) is 14.4. The van der Waals surface area contributed by atoms with Crippen molar-refractivity contribution < 1.29 is 14.0 Å². The summed E-state index contributed by atoms with van der Waals surface area (Å²) < 4.78 is 8.26. The van der Waals surface area contributed by atoms with Gasteiger partial charge in [-0.1, -0.05) is 87.5 Å². The molecule has 0 unspecified atom stereocenters. The molecule has 1 saturated heterocycles. The van der Waals surface area contributed by atoms with Gasteiger partial charge in [-0.15, -0.1) is 0 Å². The second-order valence-electron chi connectivity index (χ2n) is 8.66. The van der Waals surface area contributed by atoms with Crippen LogP contribution in [0.1, 0.15) is 32.4 Å². The molecule has 1 aliphatic rings. The Morgan fingerprint density at radius 1 is 0.857 bits per heavy atom. The summed E-state index contributed by atoms with van der Waals surface area (Å²) in [6.45, 7) is 6.45. The van der Waals surface area contributed by atoms with Crippen LogP contribution in [0.2, 0.25) is 18.1 Å². The SMILES string of the molecule is CC[Si](CC)(CC)O[C@H]1C(=O)N(C(=O)N(Sc2ccccc2)c2ccccc2)[C@H]1c1ccccc1. The lowest BCUT2D eigenvalue weighted by Crippen LogP contribution is -2.66. The molecule has 182 valence electrons. The third-order valence-electron chi connectivity index (χ3n) is 6.81. The van der Waals surface area contributed by atoms with E-state index in [0.29, 0.717) is 0 Å². The maximum atomic E-state index is 14.0. The molecular formula is C28H32N2O3SSi. The molecule has 0 aliphatic carbocycles. The predicted octanol–water partition coefficient (Wildman–Crippen LogP) is 7.29. The molecule has 1 heterocycles. The van der Waals surface area contributed by atoms with E-state index in [4.69, 9.17) is 4.43 Å². The number of hydrogen-bond acceptors (Lipinski definition) is 4. The normalized spacial score (nSPS) is 17.7. The molecule has 0 aromatic heterocycles. The van der Waals surface area contributed by atoms with Crippen molar-refractivity contribution in [1.29, 1.82) is 0 Å². The third-order valence-corrected chi connectivity index (χ3v) is 12.5. The Bertz CT molecular complexity index is 1120. The summed E-state index contributed by atoms with van der Waals surface area (Å²) in [5.41, 5.74) is 1.63. The Balaban J connectivity index is 1.69. The maximum Gasteiger partial charge on any atom is 0.342 e. The maximum absolute atomic E-state index is 14.0. The first-order valence-electron chi connectivity index (χ1n) is 12.2. The fourth-order valence-corrected chi connectivity index (χ4v) is 8.14. The van der Waals surface area contributed by atoms with Crippen LogP contribution in [0.5, 0.6) is 0 Å². The highest BCUT2D eigenvalue weighted by Crippen LogP contribution is 2.43. The largest absolute Gasteiger partial charge is 0.403 e. The van der Waals surface area contributed by atoms with Crippen LogP contribution in [0.15, 0.2) is 95.9 Å².